The van der Waals surface area contributed by atoms with Crippen LogP contribution in [0.1, 0.15) is 24.9 Å². The molecule has 4 heteroatoms. The van der Waals surface area contributed by atoms with Crippen LogP contribution >= 0.6 is 0 Å². The van der Waals surface area contributed by atoms with Crippen LogP contribution in [0.5, 0.6) is 5.75 Å². The van der Waals surface area contributed by atoms with E-state index in [-0.39, 0.29) is 11.8 Å². The Morgan fingerprint density at radius 1 is 1.47 bits per heavy atom. The molecular formula is C15H21N3O. The molecule has 0 radical (unpaired) electrons. The number of hydrogen-bond donors (Lipinski definition) is 1. The Balaban J connectivity index is 2.17. The Morgan fingerprint density at radius 2 is 2.26 bits per heavy atom. The van der Waals surface area contributed by atoms with Crippen LogP contribution in [0.25, 0.3) is 0 Å². The summed E-state index contributed by atoms with van der Waals surface area (Å²) in [5.74, 6) is 0.221. The normalized spacial score (nSPS) is 22.9. The van der Waals surface area contributed by atoms with Crippen LogP contribution in [0.2, 0.25) is 0 Å². The summed E-state index contributed by atoms with van der Waals surface area (Å²) in [7, 11) is 2.14. The van der Waals surface area contributed by atoms with Gasteiger partial charge in [0.25, 0.3) is 0 Å². The highest BCUT2D eigenvalue weighted by molar-refractivity contribution is 5.32. The summed E-state index contributed by atoms with van der Waals surface area (Å²) >= 11 is 0. The van der Waals surface area contributed by atoms with Gasteiger partial charge < -0.3 is 10.0 Å². The predicted molar refractivity (Wildman–Crippen MR) is 74.7 cm³/mol. The molecule has 1 aromatic rings. The number of likely N-dealkylation sites (N-methyl/N-ethyl adjacent to an activating group) is 1. The van der Waals surface area contributed by atoms with E-state index in [1.54, 1.807) is 18.2 Å². The predicted octanol–water partition coefficient (Wildman–Crippen LogP) is 1.98. The summed E-state index contributed by atoms with van der Waals surface area (Å²) in [4.78, 5) is 4.57. The van der Waals surface area contributed by atoms with Gasteiger partial charge in [-0.05, 0) is 31.2 Å². The van der Waals surface area contributed by atoms with Crippen molar-refractivity contribution in [2.24, 2.45) is 0 Å². The van der Waals surface area contributed by atoms with Crippen LogP contribution in [0, 0.1) is 11.3 Å². The van der Waals surface area contributed by atoms with Crippen molar-refractivity contribution in [2.45, 2.75) is 25.4 Å². The van der Waals surface area contributed by atoms with Crippen molar-refractivity contribution in [2.75, 3.05) is 26.7 Å². The topological polar surface area (TPSA) is 50.5 Å². The Bertz CT molecular complexity index is 469. The molecule has 4 nitrogen and oxygen atoms in total. The average molecular weight is 259 g/mol. The fourth-order valence-electron chi connectivity index (χ4n) is 2.71. The van der Waals surface area contributed by atoms with Crippen molar-refractivity contribution in [3.63, 3.8) is 0 Å². The van der Waals surface area contributed by atoms with Crippen LogP contribution in [-0.2, 0) is 0 Å². The molecule has 0 aliphatic carbocycles. The zero-order chi connectivity index (χ0) is 13.8. The number of nitrogens with zero attached hydrogens (tertiary/aromatic N) is 3. The second kappa shape index (κ2) is 6.05. The van der Waals surface area contributed by atoms with E-state index in [1.165, 1.54) is 0 Å². The summed E-state index contributed by atoms with van der Waals surface area (Å²) in [6.07, 6.45) is 1.09. The van der Waals surface area contributed by atoms with E-state index < -0.39 is 0 Å². The lowest BCUT2D eigenvalue weighted by Gasteiger charge is -2.41. The smallest absolute Gasteiger partial charge is 0.124 e. The van der Waals surface area contributed by atoms with Gasteiger partial charge in [-0.3, -0.25) is 4.90 Å². The molecule has 0 aromatic heterocycles. The minimum absolute atomic E-state index is 0.221. The van der Waals surface area contributed by atoms with Gasteiger partial charge in [0.05, 0.1) is 6.07 Å². The van der Waals surface area contributed by atoms with E-state index in [4.69, 9.17) is 0 Å². The lowest BCUT2D eigenvalue weighted by Crippen LogP contribution is -2.51. The summed E-state index contributed by atoms with van der Waals surface area (Å²) in [5, 5.41) is 19.0. The number of nitriles is 1. The van der Waals surface area contributed by atoms with Crippen molar-refractivity contribution in [3.05, 3.63) is 29.8 Å². The van der Waals surface area contributed by atoms with Gasteiger partial charge >= 0.3 is 0 Å². The molecular weight excluding hydrogens is 238 g/mol. The zero-order valence-electron chi connectivity index (χ0n) is 11.6. The molecule has 1 aliphatic rings. The van der Waals surface area contributed by atoms with Crippen LogP contribution in [0.3, 0.4) is 0 Å². The quantitative estimate of drug-likeness (QED) is 0.902. The second-order valence-corrected chi connectivity index (χ2v) is 5.16. The van der Waals surface area contributed by atoms with Gasteiger partial charge in [0.2, 0.25) is 0 Å². The number of rotatable bonds is 3. The number of hydrogen-bond acceptors (Lipinski definition) is 4. The van der Waals surface area contributed by atoms with Crippen molar-refractivity contribution in [1.29, 1.82) is 5.26 Å². The monoisotopic (exact) mass is 259 g/mol. The van der Waals surface area contributed by atoms with Gasteiger partial charge in [-0.15, -0.1) is 0 Å². The van der Waals surface area contributed by atoms with Crippen LogP contribution in [0.15, 0.2) is 24.3 Å². The summed E-state index contributed by atoms with van der Waals surface area (Å²) in [6.45, 7) is 4.96. The lowest BCUT2D eigenvalue weighted by atomic mass is 10.0. The van der Waals surface area contributed by atoms with Gasteiger partial charge in [-0.2, -0.15) is 5.26 Å². The van der Waals surface area contributed by atoms with E-state index in [2.05, 4.69) is 29.8 Å². The fourth-order valence-corrected chi connectivity index (χ4v) is 2.71. The summed E-state index contributed by atoms with van der Waals surface area (Å²) in [6, 6.07) is 9.63. The molecule has 2 atom stereocenters. The van der Waals surface area contributed by atoms with E-state index >= 15 is 0 Å². The molecule has 0 amide bonds. The first kappa shape index (κ1) is 13.9. The third kappa shape index (κ3) is 3.06. The first-order valence-electron chi connectivity index (χ1n) is 6.78. The molecule has 0 saturated carbocycles. The molecule has 19 heavy (non-hydrogen) atoms. The molecule has 1 aliphatic heterocycles. The van der Waals surface area contributed by atoms with E-state index in [0.29, 0.717) is 6.04 Å². The van der Waals surface area contributed by atoms with Crippen LogP contribution in [0.4, 0.5) is 0 Å². The summed E-state index contributed by atoms with van der Waals surface area (Å²) in [5.41, 5.74) is 0.877. The highest BCUT2D eigenvalue weighted by atomic mass is 16.3. The average Bonchev–Trinajstić information content (AvgIpc) is 2.41. The molecule has 0 bridgehead atoms. The number of aromatic hydroxyl groups is 1. The Labute approximate surface area is 114 Å². The Hall–Kier alpha value is -1.57. The first-order chi connectivity index (χ1) is 9.15. The first-order valence-corrected chi connectivity index (χ1v) is 6.78. The van der Waals surface area contributed by atoms with Gasteiger partial charge in [0.1, 0.15) is 11.8 Å². The highest BCUT2D eigenvalue weighted by Crippen LogP contribution is 2.26. The van der Waals surface area contributed by atoms with E-state index in [1.807, 2.05) is 6.07 Å². The molecule has 1 aromatic carbocycles. The molecule has 1 N–H and O–H groups in total. The minimum Gasteiger partial charge on any atom is -0.508 e. The van der Waals surface area contributed by atoms with Crippen molar-refractivity contribution >= 4 is 0 Å². The van der Waals surface area contributed by atoms with Crippen LogP contribution < -0.4 is 0 Å². The largest absolute Gasteiger partial charge is 0.508 e. The Morgan fingerprint density at radius 3 is 2.89 bits per heavy atom. The minimum atomic E-state index is -0.269. The summed E-state index contributed by atoms with van der Waals surface area (Å²) < 4.78 is 0. The maximum absolute atomic E-state index is 9.56. The zero-order valence-corrected chi connectivity index (χ0v) is 11.6. The molecule has 2 unspecified atom stereocenters. The van der Waals surface area contributed by atoms with E-state index in [0.717, 1.165) is 31.6 Å². The van der Waals surface area contributed by atoms with E-state index in [9.17, 15) is 10.4 Å². The molecule has 2 rings (SSSR count). The number of phenols is 1. The van der Waals surface area contributed by atoms with Gasteiger partial charge in [-0.1, -0.05) is 19.1 Å². The van der Waals surface area contributed by atoms with Crippen molar-refractivity contribution < 1.29 is 5.11 Å². The third-order valence-electron chi connectivity index (χ3n) is 3.95. The van der Waals surface area contributed by atoms with Gasteiger partial charge in [-0.25, -0.2) is 0 Å². The second-order valence-electron chi connectivity index (χ2n) is 5.16. The molecule has 1 saturated heterocycles. The molecule has 1 fully saturated rings. The maximum Gasteiger partial charge on any atom is 0.124 e. The van der Waals surface area contributed by atoms with Crippen LogP contribution in [-0.4, -0.2) is 47.6 Å². The number of phenolic OH excluding ortho intramolecular Hbond substituents is 1. The molecule has 1 heterocycles. The standard InChI is InChI=1S/C15H21N3O/c1-3-13-11-18(8-7-17(13)2)15(10-16)12-5-4-6-14(19)9-12/h4-6,9,13,15,19H,3,7-8,11H2,1-2H3. The Kier molecular flexibility index (Phi) is 4.41. The van der Waals surface area contributed by atoms with Gasteiger partial charge in [0.15, 0.2) is 0 Å². The fraction of sp³-hybridized carbons (Fsp3) is 0.533. The number of benzene rings is 1. The lowest BCUT2D eigenvalue weighted by molar-refractivity contribution is 0.0773. The number of piperazine rings is 1. The third-order valence-corrected chi connectivity index (χ3v) is 3.95. The van der Waals surface area contributed by atoms with Crippen molar-refractivity contribution in [3.8, 4) is 11.8 Å². The highest BCUT2D eigenvalue weighted by Gasteiger charge is 2.28. The van der Waals surface area contributed by atoms with Crippen molar-refractivity contribution in [1.82, 2.24) is 9.80 Å². The van der Waals surface area contributed by atoms with Gasteiger partial charge in [0, 0.05) is 25.7 Å². The SMILES string of the molecule is CCC1CN(C(C#N)c2cccc(O)c2)CCN1C. The molecule has 0 spiro atoms. The maximum atomic E-state index is 9.56. The molecule has 102 valence electrons.